The minimum Gasteiger partial charge on any atom is -0.350 e. The Labute approximate surface area is 162 Å². The van der Waals surface area contributed by atoms with Crippen LogP contribution in [0.2, 0.25) is 5.02 Å². The van der Waals surface area contributed by atoms with Gasteiger partial charge in [-0.25, -0.2) is 4.68 Å². The fourth-order valence-corrected chi connectivity index (χ4v) is 2.59. The van der Waals surface area contributed by atoms with Gasteiger partial charge >= 0.3 is 0 Å². The van der Waals surface area contributed by atoms with Gasteiger partial charge < -0.3 is 10.6 Å². The molecule has 0 radical (unpaired) electrons. The van der Waals surface area contributed by atoms with Crippen molar-refractivity contribution in [2.75, 3.05) is 0 Å². The molecule has 0 unspecified atom stereocenters. The van der Waals surface area contributed by atoms with Crippen molar-refractivity contribution in [1.82, 2.24) is 20.4 Å². The van der Waals surface area contributed by atoms with Gasteiger partial charge in [0.15, 0.2) is 0 Å². The molecule has 1 heterocycles. The molecule has 27 heavy (non-hydrogen) atoms. The summed E-state index contributed by atoms with van der Waals surface area (Å²) < 4.78 is 1.74. The molecule has 6 nitrogen and oxygen atoms in total. The van der Waals surface area contributed by atoms with Crippen molar-refractivity contribution < 1.29 is 9.59 Å². The van der Waals surface area contributed by atoms with Crippen molar-refractivity contribution >= 4 is 23.4 Å². The highest BCUT2D eigenvalue weighted by atomic mass is 35.5. The maximum absolute atomic E-state index is 12.2. The minimum absolute atomic E-state index is 0.273. The first kappa shape index (κ1) is 18.7. The molecule has 0 aliphatic rings. The number of hydrogen-bond donors (Lipinski definition) is 2. The molecule has 1 aromatic heterocycles. The summed E-state index contributed by atoms with van der Waals surface area (Å²) in [6.07, 6.45) is 3.55. The molecular formula is C20H19ClN4O2. The highest BCUT2D eigenvalue weighted by Gasteiger charge is 2.16. The summed E-state index contributed by atoms with van der Waals surface area (Å²) in [5, 5.41) is 10.3. The molecule has 0 saturated carbocycles. The van der Waals surface area contributed by atoms with Gasteiger partial charge in [0, 0.05) is 28.9 Å². The van der Waals surface area contributed by atoms with Gasteiger partial charge in [-0.1, -0.05) is 29.8 Å². The van der Waals surface area contributed by atoms with Crippen LogP contribution >= 0.6 is 11.6 Å². The van der Waals surface area contributed by atoms with E-state index in [0.29, 0.717) is 17.1 Å². The van der Waals surface area contributed by atoms with Crippen molar-refractivity contribution in [3.8, 4) is 5.69 Å². The molecule has 0 aliphatic heterocycles. The van der Waals surface area contributed by atoms with Gasteiger partial charge in [0.2, 0.25) is 5.91 Å². The van der Waals surface area contributed by atoms with Crippen LogP contribution in [0.25, 0.3) is 5.69 Å². The van der Waals surface area contributed by atoms with Crippen LogP contribution in [0.1, 0.15) is 22.8 Å². The molecule has 0 aliphatic carbocycles. The summed E-state index contributed by atoms with van der Waals surface area (Å²) in [5.74, 6) is -0.601. The van der Waals surface area contributed by atoms with E-state index in [1.165, 1.54) is 0 Å². The molecular weight excluding hydrogens is 364 g/mol. The Bertz CT molecular complexity index is 923. The standard InChI is InChI=1S/C20H19ClN4O2/c1-14(24-20(27)16-7-9-17(21)10-8-16)19(26)22-11-15-12-23-25(13-15)18-5-3-2-4-6-18/h2-10,12-14H,11H2,1H3,(H,22,26)(H,24,27)/t14-/m0/s1. The lowest BCUT2D eigenvalue weighted by Crippen LogP contribution is -2.44. The number of carbonyl (C=O) groups excluding carboxylic acids is 2. The van der Waals surface area contributed by atoms with Crippen LogP contribution in [0, 0.1) is 0 Å². The van der Waals surface area contributed by atoms with Crippen LogP contribution in [0.3, 0.4) is 0 Å². The zero-order chi connectivity index (χ0) is 19.2. The third kappa shape index (κ3) is 4.95. The predicted molar refractivity (Wildman–Crippen MR) is 104 cm³/mol. The first-order chi connectivity index (χ1) is 13.0. The maximum atomic E-state index is 12.2. The Morgan fingerprint density at radius 2 is 1.81 bits per heavy atom. The molecule has 0 saturated heterocycles. The van der Waals surface area contributed by atoms with Crippen LogP contribution in [0.5, 0.6) is 0 Å². The molecule has 0 bridgehead atoms. The number of carbonyl (C=O) groups is 2. The van der Waals surface area contributed by atoms with E-state index in [2.05, 4.69) is 15.7 Å². The number of aromatic nitrogens is 2. The fourth-order valence-electron chi connectivity index (χ4n) is 2.46. The van der Waals surface area contributed by atoms with E-state index in [-0.39, 0.29) is 11.8 Å². The van der Waals surface area contributed by atoms with Gasteiger partial charge in [-0.05, 0) is 43.3 Å². The second-order valence-corrected chi connectivity index (χ2v) is 6.48. The second kappa shape index (κ2) is 8.51. The van der Waals surface area contributed by atoms with E-state index in [1.54, 1.807) is 42.1 Å². The number of hydrogen-bond acceptors (Lipinski definition) is 3. The van der Waals surface area contributed by atoms with E-state index in [4.69, 9.17) is 11.6 Å². The summed E-state index contributed by atoms with van der Waals surface area (Å²) >= 11 is 5.81. The largest absolute Gasteiger partial charge is 0.350 e. The van der Waals surface area contributed by atoms with E-state index in [1.807, 2.05) is 36.5 Å². The Balaban J connectivity index is 1.52. The van der Waals surface area contributed by atoms with Crippen LogP contribution in [-0.2, 0) is 11.3 Å². The Kier molecular flexibility index (Phi) is 5.88. The monoisotopic (exact) mass is 382 g/mol. The van der Waals surface area contributed by atoms with E-state index < -0.39 is 6.04 Å². The third-order valence-electron chi connectivity index (χ3n) is 3.97. The molecule has 2 amide bonds. The van der Waals surface area contributed by atoms with Crippen LogP contribution in [-0.4, -0.2) is 27.6 Å². The summed E-state index contributed by atoms with van der Waals surface area (Å²) in [5.41, 5.74) is 2.25. The quantitative estimate of drug-likeness (QED) is 0.688. The molecule has 1 atom stereocenters. The summed E-state index contributed by atoms with van der Waals surface area (Å²) in [6, 6.07) is 15.5. The van der Waals surface area contributed by atoms with Gasteiger partial charge in [-0.2, -0.15) is 5.10 Å². The maximum Gasteiger partial charge on any atom is 0.251 e. The average molecular weight is 383 g/mol. The lowest BCUT2D eigenvalue weighted by atomic mass is 10.2. The number of nitrogens with one attached hydrogen (secondary N) is 2. The smallest absolute Gasteiger partial charge is 0.251 e. The average Bonchev–Trinajstić information content (AvgIpc) is 3.16. The molecule has 3 rings (SSSR count). The molecule has 2 N–H and O–H groups in total. The number of para-hydroxylation sites is 1. The van der Waals surface area contributed by atoms with Gasteiger partial charge in [0.05, 0.1) is 11.9 Å². The van der Waals surface area contributed by atoms with Crippen LogP contribution in [0.4, 0.5) is 0 Å². The highest BCUT2D eigenvalue weighted by Crippen LogP contribution is 2.10. The number of nitrogens with zero attached hydrogens (tertiary/aromatic N) is 2. The zero-order valence-electron chi connectivity index (χ0n) is 14.7. The fraction of sp³-hybridized carbons (Fsp3) is 0.150. The van der Waals surface area contributed by atoms with Gasteiger partial charge in [-0.15, -0.1) is 0 Å². The van der Waals surface area contributed by atoms with Crippen molar-refractivity contribution in [1.29, 1.82) is 0 Å². The number of benzene rings is 2. The molecule has 7 heteroatoms. The molecule has 2 aromatic carbocycles. The first-order valence-corrected chi connectivity index (χ1v) is 8.84. The van der Waals surface area contributed by atoms with Gasteiger partial charge in [0.1, 0.15) is 6.04 Å². The molecule has 138 valence electrons. The van der Waals surface area contributed by atoms with E-state index in [0.717, 1.165) is 11.3 Å². The molecule has 0 spiro atoms. The van der Waals surface area contributed by atoms with Crippen molar-refractivity contribution in [2.24, 2.45) is 0 Å². The van der Waals surface area contributed by atoms with Gasteiger partial charge in [0.25, 0.3) is 5.91 Å². The van der Waals surface area contributed by atoms with Crippen molar-refractivity contribution in [3.05, 3.63) is 83.1 Å². The van der Waals surface area contributed by atoms with Crippen LogP contribution in [0.15, 0.2) is 67.0 Å². The Morgan fingerprint density at radius 1 is 1.11 bits per heavy atom. The van der Waals surface area contributed by atoms with Gasteiger partial charge in [-0.3, -0.25) is 9.59 Å². The summed E-state index contributed by atoms with van der Waals surface area (Å²) in [4.78, 5) is 24.4. The van der Waals surface area contributed by atoms with E-state index in [9.17, 15) is 9.59 Å². The Morgan fingerprint density at radius 3 is 2.52 bits per heavy atom. The van der Waals surface area contributed by atoms with Crippen molar-refractivity contribution in [3.63, 3.8) is 0 Å². The molecule has 0 fully saturated rings. The zero-order valence-corrected chi connectivity index (χ0v) is 15.5. The summed E-state index contributed by atoms with van der Waals surface area (Å²) in [6.45, 7) is 1.96. The summed E-state index contributed by atoms with van der Waals surface area (Å²) in [7, 11) is 0. The lowest BCUT2D eigenvalue weighted by molar-refractivity contribution is -0.122. The predicted octanol–water partition coefficient (Wildman–Crippen LogP) is 2.96. The lowest BCUT2D eigenvalue weighted by Gasteiger charge is -2.14. The minimum atomic E-state index is -0.669. The normalized spacial score (nSPS) is 11.6. The molecule has 3 aromatic rings. The third-order valence-corrected chi connectivity index (χ3v) is 4.22. The highest BCUT2D eigenvalue weighted by molar-refractivity contribution is 6.30. The number of rotatable bonds is 6. The number of halogens is 1. The number of amides is 2. The van der Waals surface area contributed by atoms with E-state index >= 15 is 0 Å². The van der Waals surface area contributed by atoms with Crippen LogP contribution < -0.4 is 10.6 Å². The second-order valence-electron chi connectivity index (χ2n) is 6.05. The van der Waals surface area contributed by atoms with Crippen molar-refractivity contribution in [2.45, 2.75) is 19.5 Å². The Hall–Kier alpha value is -3.12. The first-order valence-electron chi connectivity index (χ1n) is 8.46. The topological polar surface area (TPSA) is 76.0 Å². The SMILES string of the molecule is C[C@H](NC(=O)c1ccc(Cl)cc1)C(=O)NCc1cnn(-c2ccccc2)c1.